The monoisotopic (exact) mass is 187 g/mol. The Kier molecular flexibility index (Phi) is 2.20. The van der Waals surface area contributed by atoms with Gasteiger partial charge < -0.3 is 5.73 Å². The van der Waals surface area contributed by atoms with Gasteiger partial charge in [0.2, 0.25) is 0 Å². The maximum Gasteiger partial charge on any atom is 0.109 e. The van der Waals surface area contributed by atoms with E-state index in [0.717, 1.165) is 16.5 Å². The number of nitrogens with two attached hydrogens (primary N) is 1. The first kappa shape index (κ1) is 8.77. The van der Waals surface area contributed by atoms with Gasteiger partial charge in [0.15, 0.2) is 0 Å². The quantitative estimate of drug-likeness (QED) is 0.732. The summed E-state index contributed by atoms with van der Waals surface area (Å²) in [4.78, 5) is 14.6. The fourth-order valence-corrected chi connectivity index (χ4v) is 1.46. The van der Waals surface area contributed by atoms with Crippen LogP contribution in [-0.2, 0) is 6.54 Å². The van der Waals surface area contributed by atoms with Crippen molar-refractivity contribution in [2.45, 2.75) is 6.54 Å². The number of fused-ring (bicyclic) bond motifs is 1. The van der Waals surface area contributed by atoms with E-state index in [1.807, 2.05) is 12.1 Å². The lowest BCUT2D eigenvalue weighted by molar-refractivity contribution is 1.08. The zero-order valence-electron chi connectivity index (χ0n) is 7.47. The molecule has 0 saturated carbocycles. The van der Waals surface area contributed by atoms with E-state index in [1.54, 1.807) is 18.3 Å². The van der Waals surface area contributed by atoms with Crippen molar-refractivity contribution in [2.24, 2.45) is 10.9 Å². The summed E-state index contributed by atoms with van der Waals surface area (Å²) in [6.45, 7) is 0.358. The van der Waals surface area contributed by atoms with Gasteiger partial charge in [-0.15, -0.1) is 4.91 Å². The van der Waals surface area contributed by atoms with Crippen LogP contribution in [0.15, 0.2) is 35.6 Å². The minimum Gasteiger partial charge on any atom is -0.326 e. The molecular formula is C10H9N3O. The van der Waals surface area contributed by atoms with Gasteiger partial charge in [0.1, 0.15) is 5.69 Å². The lowest BCUT2D eigenvalue weighted by Gasteiger charge is -2.03. The molecule has 4 nitrogen and oxygen atoms in total. The number of rotatable bonds is 2. The lowest BCUT2D eigenvalue weighted by Crippen LogP contribution is -1.98. The van der Waals surface area contributed by atoms with Crippen LogP contribution in [0.25, 0.3) is 10.9 Å². The Balaban J connectivity index is 2.79. The van der Waals surface area contributed by atoms with Crippen LogP contribution >= 0.6 is 0 Å². The number of hydrogen-bond donors (Lipinski definition) is 1. The highest BCUT2D eigenvalue weighted by Gasteiger charge is 2.03. The molecule has 0 aliphatic heterocycles. The van der Waals surface area contributed by atoms with Crippen LogP contribution in [0.5, 0.6) is 0 Å². The van der Waals surface area contributed by atoms with Gasteiger partial charge in [0.25, 0.3) is 0 Å². The Labute approximate surface area is 80.7 Å². The van der Waals surface area contributed by atoms with Gasteiger partial charge >= 0.3 is 0 Å². The maximum atomic E-state index is 10.4. The molecule has 0 unspecified atom stereocenters. The Morgan fingerprint density at radius 3 is 3.00 bits per heavy atom. The molecule has 0 bridgehead atoms. The molecule has 1 heterocycles. The summed E-state index contributed by atoms with van der Waals surface area (Å²) >= 11 is 0. The highest BCUT2D eigenvalue weighted by Crippen LogP contribution is 2.23. The van der Waals surface area contributed by atoms with Crippen LogP contribution in [0.2, 0.25) is 0 Å². The average Bonchev–Trinajstić information content (AvgIpc) is 2.27. The molecule has 0 saturated heterocycles. The van der Waals surface area contributed by atoms with Gasteiger partial charge in [-0.1, -0.05) is 6.07 Å². The standard InChI is InChI=1S/C10H9N3O/c11-6-8-5-9(13-14)4-7-2-1-3-12-10(7)8/h1-5H,6,11H2. The van der Waals surface area contributed by atoms with Gasteiger partial charge in [0, 0.05) is 18.1 Å². The second-order valence-corrected chi connectivity index (χ2v) is 2.98. The van der Waals surface area contributed by atoms with E-state index in [-0.39, 0.29) is 0 Å². The molecule has 2 rings (SSSR count). The summed E-state index contributed by atoms with van der Waals surface area (Å²) in [5, 5.41) is 3.79. The van der Waals surface area contributed by atoms with Crippen molar-refractivity contribution < 1.29 is 0 Å². The summed E-state index contributed by atoms with van der Waals surface area (Å²) in [5.41, 5.74) is 7.63. The third kappa shape index (κ3) is 1.36. The molecule has 70 valence electrons. The summed E-state index contributed by atoms with van der Waals surface area (Å²) < 4.78 is 0. The van der Waals surface area contributed by atoms with E-state index in [4.69, 9.17) is 5.73 Å². The van der Waals surface area contributed by atoms with Crippen LogP contribution in [-0.4, -0.2) is 4.98 Å². The SMILES string of the molecule is NCc1cc(N=O)cc2cccnc12. The summed E-state index contributed by atoms with van der Waals surface area (Å²) in [6.07, 6.45) is 1.70. The molecule has 2 N–H and O–H groups in total. The summed E-state index contributed by atoms with van der Waals surface area (Å²) in [7, 11) is 0. The van der Waals surface area contributed by atoms with Crippen molar-refractivity contribution >= 4 is 16.6 Å². The number of hydrogen-bond acceptors (Lipinski definition) is 4. The second kappa shape index (κ2) is 3.51. The van der Waals surface area contributed by atoms with Crippen LogP contribution < -0.4 is 5.73 Å². The van der Waals surface area contributed by atoms with E-state index in [0.29, 0.717) is 12.2 Å². The fourth-order valence-electron chi connectivity index (χ4n) is 1.46. The minimum absolute atomic E-state index is 0.358. The molecule has 0 aliphatic carbocycles. The number of benzene rings is 1. The zero-order chi connectivity index (χ0) is 9.97. The number of nitroso groups, excluding NO2 is 1. The van der Waals surface area contributed by atoms with Crippen LogP contribution in [0, 0.1) is 4.91 Å². The van der Waals surface area contributed by atoms with Crippen molar-refractivity contribution in [3.8, 4) is 0 Å². The predicted molar refractivity (Wildman–Crippen MR) is 55.1 cm³/mol. The molecule has 0 atom stereocenters. The number of aromatic nitrogens is 1. The Morgan fingerprint density at radius 2 is 2.29 bits per heavy atom. The summed E-state index contributed by atoms with van der Waals surface area (Å²) in [5.74, 6) is 0. The van der Waals surface area contributed by atoms with Crippen molar-refractivity contribution in [1.82, 2.24) is 4.98 Å². The molecule has 1 aromatic heterocycles. The van der Waals surface area contributed by atoms with E-state index < -0.39 is 0 Å². The zero-order valence-corrected chi connectivity index (χ0v) is 7.47. The van der Waals surface area contributed by atoms with Gasteiger partial charge in [-0.2, -0.15) is 0 Å². The van der Waals surface area contributed by atoms with E-state index in [1.165, 1.54) is 0 Å². The smallest absolute Gasteiger partial charge is 0.109 e. The average molecular weight is 187 g/mol. The third-order valence-electron chi connectivity index (χ3n) is 2.09. The van der Waals surface area contributed by atoms with E-state index in [9.17, 15) is 4.91 Å². The lowest BCUT2D eigenvalue weighted by atomic mass is 10.1. The van der Waals surface area contributed by atoms with E-state index >= 15 is 0 Å². The molecule has 2 aromatic rings. The van der Waals surface area contributed by atoms with Gasteiger partial charge in [-0.3, -0.25) is 4.98 Å². The summed E-state index contributed by atoms with van der Waals surface area (Å²) in [6, 6.07) is 7.07. The number of pyridine rings is 1. The van der Waals surface area contributed by atoms with Crippen LogP contribution in [0.4, 0.5) is 5.69 Å². The molecule has 0 aliphatic rings. The van der Waals surface area contributed by atoms with Gasteiger partial charge in [-0.25, -0.2) is 0 Å². The highest BCUT2D eigenvalue weighted by atomic mass is 16.3. The molecule has 0 spiro atoms. The van der Waals surface area contributed by atoms with Gasteiger partial charge in [0.05, 0.1) is 5.52 Å². The minimum atomic E-state index is 0.358. The Hall–Kier alpha value is -1.81. The molecule has 0 amide bonds. The normalized spacial score (nSPS) is 10.4. The second-order valence-electron chi connectivity index (χ2n) is 2.98. The van der Waals surface area contributed by atoms with Crippen molar-refractivity contribution in [1.29, 1.82) is 0 Å². The predicted octanol–water partition coefficient (Wildman–Crippen LogP) is 2.09. The first-order valence-corrected chi connectivity index (χ1v) is 4.26. The molecule has 0 fully saturated rings. The van der Waals surface area contributed by atoms with Crippen molar-refractivity contribution in [2.75, 3.05) is 0 Å². The number of nitrogens with zero attached hydrogens (tertiary/aromatic N) is 2. The van der Waals surface area contributed by atoms with Crippen LogP contribution in [0.3, 0.4) is 0 Å². The Bertz CT molecular complexity index is 482. The Morgan fingerprint density at radius 1 is 1.43 bits per heavy atom. The third-order valence-corrected chi connectivity index (χ3v) is 2.09. The van der Waals surface area contributed by atoms with Crippen LogP contribution in [0.1, 0.15) is 5.56 Å². The molecular weight excluding hydrogens is 178 g/mol. The first-order chi connectivity index (χ1) is 6.85. The van der Waals surface area contributed by atoms with Crippen molar-refractivity contribution in [3.05, 3.63) is 40.9 Å². The maximum absolute atomic E-state index is 10.4. The molecule has 0 radical (unpaired) electrons. The topological polar surface area (TPSA) is 68.3 Å². The fraction of sp³-hybridized carbons (Fsp3) is 0.100. The van der Waals surface area contributed by atoms with Gasteiger partial charge in [-0.05, 0) is 28.9 Å². The van der Waals surface area contributed by atoms with E-state index in [2.05, 4.69) is 10.2 Å². The molecule has 1 aromatic carbocycles. The molecule has 4 heteroatoms. The highest BCUT2D eigenvalue weighted by molar-refractivity contribution is 5.84. The van der Waals surface area contributed by atoms with Crippen molar-refractivity contribution in [3.63, 3.8) is 0 Å². The molecule has 14 heavy (non-hydrogen) atoms. The first-order valence-electron chi connectivity index (χ1n) is 4.26. The largest absolute Gasteiger partial charge is 0.326 e.